The van der Waals surface area contributed by atoms with E-state index in [1.807, 2.05) is 53.3 Å². The molecular weight excluding hydrogens is 466 g/mol. The number of ether oxygens (including phenoxy) is 1. The zero-order valence-corrected chi connectivity index (χ0v) is 20.5. The van der Waals surface area contributed by atoms with Crippen LogP contribution in [0.1, 0.15) is 24.0 Å². The minimum absolute atomic E-state index is 0.0789. The highest BCUT2D eigenvalue weighted by molar-refractivity contribution is 6.03. The van der Waals surface area contributed by atoms with Gasteiger partial charge in [-0.1, -0.05) is 30.3 Å². The van der Waals surface area contributed by atoms with E-state index in [4.69, 9.17) is 9.84 Å². The molecule has 1 saturated heterocycles. The molecule has 2 aromatic carbocycles. The Morgan fingerprint density at radius 1 is 1.14 bits per heavy atom. The Bertz CT molecular complexity index is 1430. The molecule has 0 atom stereocenters. The maximum atomic E-state index is 12.8. The fourth-order valence-corrected chi connectivity index (χ4v) is 4.37. The third kappa shape index (κ3) is 5.59. The van der Waals surface area contributed by atoms with E-state index in [0.717, 1.165) is 28.8 Å². The minimum atomic E-state index is -0.292. The molecule has 1 fully saturated rings. The second-order valence-electron chi connectivity index (χ2n) is 8.72. The monoisotopic (exact) mass is 493 g/mol. The summed E-state index contributed by atoms with van der Waals surface area (Å²) < 4.78 is 7.35. The van der Waals surface area contributed by atoms with Gasteiger partial charge >= 0.3 is 0 Å². The average Bonchev–Trinajstić information content (AvgIpc) is 3.54. The van der Waals surface area contributed by atoms with Gasteiger partial charge in [-0.15, -0.1) is 0 Å². The number of nitrogens with one attached hydrogen (secondary N) is 1. The summed E-state index contributed by atoms with van der Waals surface area (Å²) in [6.07, 6.45) is 9.99. The molecule has 5 rings (SSSR count). The predicted octanol–water partition coefficient (Wildman–Crippen LogP) is 4.78. The molecule has 0 bridgehead atoms. The van der Waals surface area contributed by atoms with Gasteiger partial charge in [0.2, 0.25) is 11.8 Å². The standard InChI is InChI=1S/C29H27N5O3/c1-37-26-17-24(12-13-25(26)34-16-6-10-28(34)36)31-27(35)14-11-23-20-33(19-21-7-3-2-4-8-21)32-29(23)22-9-5-15-30-18-22/h2-5,7-9,11-15,17-18,20H,6,10,16,19H2,1H3,(H,31,35)/b14-11+. The van der Waals surface area contributed by atoms with E-state index in [-0.39, 0.29) is 11.8 Å². The normalized spacial score (nSPS) is 13.3. The van der Waals surface area contributed by atoms with Crippen LogP contribution < -0.4 is 15.0 Å². The summed E-state index contributed by atoms with van der Waals surface area (Å²) in [7, 11) is 1.55. The van der Waals surface area contributed by atoms with Crippen LogP contribution >= 0.6 is 0 Å². The Kier molecular flexibility index (Phi) is 7.07. The highest BCUT2D eigenvalue weighted by Crippen LogP contribution is 2.34. The molecule has 2 amide bonds. The molecule has 0 radical (unpaired) electrons. The Morgan fingerprint density at radius 3 is 2.73 bits per heavy atom. The Hall–Kier alpha value is -4.72. The van der Waals surface area contributed by atoms with Crippen molar-refractivity contribution in [3.05, 3.63) is 96.5 Å². The first-order valence-electron chi connectivity index (χ1n) is 12.1. The number of carbonyl (C=O) groups excluding carboxylic acids is 2. The lowest BCUT2D eigenvalue weighted by molar-refractivity contribution is -0.117. The molecule has 8 nitrogen and oxygen atoms in total. The summed E-state index contributed by atoms with van der Waals surface area (Å²) in [5.74, 6) is 0.327. The summed E-state index contributed by atoms with van der Waals surface area (Å²) in [6, 6.07) is 19.2. The lowest BCUT2D eigenvalue weighted by Crippen LogP contribution is -2.24. The van der Waals surface area contributed by atoms with Crippen LogP contribution in [0.2, 0.25) is 0 Å². The number of rotatable bonds is 8. The van der Waals surface area contributed by atoms with Gasteiger partial charge in [0.25, 0.3) is 0 Å². The molecule has 0 spiro atoms. The first-order chi connectivity index (χ1) is 18.1. The van der Waals surface area contributed by atoms with Crippen LogP contribution in [0.3, 0.4) is 0 Å². The quantitative estimate of drug-likeness (QED) is 0.357. The van der Waals surface area contributed by atoms with Crippen molar-refractivity contribution >= 4 is 29.3 Å². The van der Waals surface area contributed by atoms with Gasteiger partial charge in [0, 0.05) is 60.5 Å². The number of aromatic nitrogens is 3. The third-order valence-corrected chi connectivity index (χ3v) is 6.14. The molecule has 0 unspecified atom stereocenters. The van der Waals surface area contributed by atoms with Gasteiger partial charge in [0.1, 0.15) is 11.4 Å². The van der Waals surface area contributed by atoms with Crippen molar-refractivity contribution < 1.29 is 14.3 Å². The molecule has 1 aliphatic rings. The minimum Gasteiger partial charge on any atom is -0.494 e. The average molecular weight is 494 g/mol. The number of hydrogen-bond donors (Lipinski definition) is 1. The fourth-order valence-electron chi connectivity index (χ4n) is 4.37. The summed E-state index contributed by atoms with van der Waals surface area (Å²) in [6.45, 7) is 1.28. The molecule has 3 heterocycles. The van der Waals surface area contributed by atoms with Crippen molar-refractivity contribution in [1.29, 1.82) is 0 Å². The summed E-state index contributed by atoms with van der Waals surface area (Å²) in [5, 5.41) is 7.63. The largest absolute Gasteiger partial charge is 0.494 e. The number of carbonyl (C=O) groups is 2. The second kappa shape index (κ2) is 10.9. The van der Waals surface area contributed by atoms with Gasteiger partial charge in [0.15, 0.2) is 0 Å². The van der Waals surface area contributed by atoms with E-state index in [2.05, 4.69) is 10.3 Å². The highest BCUT2D eigenvalue weighted by Gasteiger charge is 2.24. The van der Waals surface area contributed by atoms with Gasteiger partial charge in [-0.2, -0.15) is 5.10 Å². The molecule has 8 heteroatoms. The number of nitrogens with zero attached hydrogens (tertiary/aromatic N) is 4. The lowest BCUT2D eigenvalue weighted by Gasteiger charge is -2.19. The fraction of sp³-hybridized carbons (Fsp3) is 0.172. The predicted molar refractivity (Wildman–Crippen MR) is 143 cm³/mol. The third-order valence-electron chi connectivity index (χ3n) is 6.14. The Labute approximate surface area is 215 Å². The molecule has 37 heavy (non-hydrogen) atoms. The summed E-state index contributed by atoms with van der Waals surface area (Å²) in [5.41, 5.74) is 4.84. The molecule has 1 aliphatic heterocycles. The molecule has 1 N–H and O–H groups in total. The van der Waals surface area contributed by atoms with Crippen LogP contribution in [0.25, 0.3) is 17.3 Å². The highest BCUT2D eigenvalue weighted by atomic mass is 16.5. The molecule has 2 aromatic heterocycles. The summed E-state index contributed by atoms with van der Waals surface area (Å²) in [4.78, 5) is 30.9. The number of amides is 2. The van der Waals surface area contributed by atoms with Crippen LogP contribution in [0.5, 0.6) is 5.75 Å². The van der Waals surface area contributed by atoms with Crippen LogP contribution in [-0.4, -0.2) is 40.2 Å². The van der Waals surface area contributed by atoms with Gasteiger partial charge in [-0.3, -0.25) is 19.3 Å². The van der Waals surface area contributed by atoms with Gasteiger partial charge in [0.05, 0.1) is 19.3 Å². The molecule has 4 aromatic rings. The number of pyridine rings is 1. The second-order valence-corrected chi connectivity index (χ2v) is 8.72. The van der Waals surface area contributed by atoms with Crippen LogP contribution in [-0.2, 0) is 16.1 Å². The van der Waals surface area contributed by atoms with Crippen molar-refractivity contribution in [3.8, 4) is 17.0 Å². The van der Waals surface area contributed by atoms with Gasteiger partial charge < -0.3 is 15.0 Å². The summed E-state index contributed by atoms with van der Waals surface area (Å²) >= 11 is 0. The van der Waals surface area contributed by atoms with E-state index in [1.165, 1.54) is 6.08 Å². The van der Waals surface area contributed by atoms with E-state index < -0.39 is 0 Å². The first-order valence-corrected chi connectivity index (χ1v) is 12.1. The van der Waals surface area contributed by atoms with E-state index in [0.29, 0.717) is 36.6 Å². The zero-order valence-electron chi connectivity index (χ0n) is 20.5. The van der Waals surface area contributed by atoms with Crippen molar-refractivity contribution in [1.82, 2.24) is 14.8 Å². The van der Waals surface area contributed by atoms with E-state index in [9.17, 15) is 9.59 Å². The number of anilines is 2. The lowest BCUT2D eigenvalue weighted by atomic mass is 10.1. The maximum Gasteiger partial charge on any atom is 0.248 e. The van der Waals surface area contributed by atoms with Crippen molar-refractivity contribution in [2.45, 2.75) is 19.4 Å². The number of hydrogen-bond acceptors (Lipinski definition) is 5. The van der Waals surface area contributed by atoms with Crippen molar-refractivity contribution in [2.75, 3.05) is 23.9 Å². The topological polar surface area (TPSA) is 89.3 Å². The van der Waals surface area contributed by atoms with E-state index in [1.54, 1.807) is 48.7 Å². The SMILES string of the molecule is COc1cc(NC(=O)/C=C/c2cn(Cc3ccccc3)nc2-c2cccnc2)ccc1N1CCCC1=O. The number of methoxy groups -OCH3 is 1. The Balaban J connectivity index is 1.35. The van der Waals surface area contributed by atoms with Gasteiger partial charge in [-0.25, -0.2) is 0 Å². The van der Waals surface area contributed by atoms with Gasteiger partial charge in [-0.05, 0) is 42.3 Å². The van der Waals surface area contributed by atoms with E-state index >= 15 is 0 Å². The zero-order chi connectivity index (χ0) is 25.6. The molecule has 186 valence electrons. The smallest absolute Gasteiger partial charge is 0.248 e. The van der Waals surface area contributed by atoms with Crippen molar-refractivity contribution in [2.24, 2.45) is 0 Å². The first kappa shape index (κ1) is 24.0. The number of benzene rings is 2. The Morgan fingerprint density at radius 2 is 2.00 bits per heavy atom. The maximum absolute atomic E-state index is 12.8. The van der Waals surface area contributed by atoms with Crippen LogP contribution in [0.4, 0.5) is 11.4 Å². The molecular formula is C29H27N5O3. The van der Waals surface area contributed by atoms with Crippen LogP contribution in [0.15, 0.2) is 85.3 Å². The van der Waals surface area contributed by atoms with Crippen LogP contribution in [0, 0.1) is 0 Å². The molecule has 0 aliphatic carbocycles. The van der Waals surface area contributed by atoms with Crippen molar-refractivity contribution in [3.63, 3.8) is 0 Å². The molecule has 0 saturated carbocycles.